The van der Waals surface area contributed by atoms with Gasteiger partial charge in [-0.05, 0) is 45.4 Å². The van der Waals surface area contributed by atoms with Gasteiger partial charge in [-0.2, -0.15) is 5.10 Å². The van der Waals surface area contributed by atoms with Gasteiger partial charge in [0.15, 0.2) is 0 Å². The molecule has 0 spiro atoms. The van der Waals surface area contributed by atoms with Crippen LogP contribution < -0.4 is 5.32 Å². The lowest BCUT2D eigenvalue weighted by Crippen LogP contribution is -2.39. The minimum atomic E-state index is -0.585. The third kappa shape index (κ3) is 3.40. The van der Waals surface area contributed by atoms with E-state index < -0.39 is 5.41 Å². The molecule has 0 saturated heterocycles. The van der Waals surface area contributed by atoms with Crippen molar-refractivity contribution in [3.63, 3.8) is 0 Å². The van der Waals surface area contributed by atoms with Crippen LogP contribution in [0.4, 0.5) is 0 Å². The summed E-state index contributed by atoms with van der Waals surface area (Å²) in [7, 11) is 0. The summed E-state index contributed by atoms with van der Waals surface area (Å²) in [6, 6.07) is 19.9. The Hall–Kier alpha value is -2.88. The number of benzene rings is 2. The quantitative estimate of drug-likeness (QED) is 0.756. The fourth-order valence-electron chi connectivity index (χ4n) is 3.13. The highest BCUT2D eigenvalue weighted by Gasteiger charge is 2.29. The molecule has 1 heterocycles. The maximum Gasteiger partial charge on any atom is 0.230 e. The number of hydrogen-bond acceptors (Lipinski definition) is 2. The molecule has 4 nitrogen and oxygen atoms in total. The summed E-state index contributed by atoms with van der Waals surface area (Å²) >= 11 is 0. The van der Waals surface area contributed by atoms with E-state index in [0.717, 1.165) is 28.2 Å². The standard InChI is InChI=1S/C22H25N3O/c1-16-20(17(2)25(24-16)19-13-9-6-10-14-19)15-23-21(26)22(3,4)18-11-7-5-8-12-18/h5-14H,15H2,1-4H3,(H,23,26). The number of aryl methyl sites for hydroxylation is 1. The van der Waals surface area contributed by atoms with Gasteiger partial charge in [-0.25, -0.2) is 4.68 Å². The third-order valence-electron chi connectivity index (χ3n) is 4.93. The molecule has 1 amide bonds. The lowest BCUT2D eigenvalue weighted by atomic mass is 9.83. The zero-order valence-electron chi connectivity index (χ0n) is 15.8. The number of aromatic nitrogens is 2. The molecule has 0 atom stereocenters. The summed E-state index contributed by atoms with van der Waals surface area (Å²) in [5.41, 5.74) is 4.49. The van der Waals surface area contributed by atoms with Crippen LogP contribution in [0.3, 0.4) is 0 Å². The van der Waals surface area contributed by atoms with E-state index in [1.54, 1.807) is 0 Å². The van der Waals surface area contributed by atoms with Crippen LogP contribution in [0.25, 0.3) is 5.69 Å². The van der Waals surface area contributed by atoms with Crippen LogP contribution in [-0.4, -0.2) is 15.7 Å². The van der Waals surface area contributed by atoms with Crippen LogP contribution in [0, 0.1) is 13.8 Å². The summed E-state index contributed by atoms with van der Waals surface area (Å²) in [6.45, 7) is 8.39. The van der Waals surface area contributed by atoms with Crippen molar-refractivity contribution < 1.29 is 4.79 Å². The molecule has 0 bridgehead atoms. The van der Waals surface area contributed by atoms with Crippen molar-refractivity contribution in [2.45, 2.75) is 39.7 Å². The predicted octanol–water partition coefficient (Wildman–Crippen LogP) is 4.08. The highest BCUT2D eigenvalue weighted by molar-refractivity contribution is 5.87. The lowest BCUT2D eigenvalue weighted by molar-refractivity contribution is -0.125. The maximum absolute atomic E-state index is 12.8. The van der Waals surface area contributed by atoms with Crippen molar-refractivity contribution in [1.82, 2.24) is 15.1 Å². The molecule has 0 saturated carbocycles. The van der Waals surface area contributed by atoms with Crippen molar-refractivity contribution >= 4 is 5.91 Å². The molecule has 0 aliphatic rings. The molecule has 2 aromatic carbocycles. The first kappa shape index (κ1) is 17.9. The number of nitrogens with zero attached hydrogens (tertiary/aromatic N) is 2. The fraction of sp³-hybridized carbons (Fsp3) is 0.273. The monoisotopic (exact) mass is 347 g/mol. The van der Waals surface area contributed by atoms with Gasteiger partial charge >= 0.3 is 0 Å². The minimum absolute atomic E-state index is 0.00922. The first-order chi connectivity index (χ1) is 12.4. The van der Waals surface area contributed by atoms with Gasteiger partial charge in [0.2, 0.25) is 5.91 Å². The molecule has 0 aliphatic heterocycles. The van der Waals surface area contributed by atoms with Crippen LogP contribution in [0.5, 0.6) is 0 Å². The molecule has 4 heteroatoms. The van der Waals surface area contributed by atoms with E-state index in [2.05, 4.69) is 10.4 Å². The maximum atomic E-state index is 12.8. The van der Waals surface area contributed by atoms with Gasteiger partial charge in [0.25, 0.3) is 0 Å². The van der Waals surface area contributed by atoms with E-state index >= 15 is 0 Å². The van der Waals surface area contributed by atoms with Gasteiger partial charge in [0.05, 0.1) is 16.8 Å². The summed E-state index contributed by atoms with van der Waals surface area (Å²) in [6.07, 6.45) is 0. The Morgan fingerprint density at radius 2 is 1.58 bits per heavy atom. The number of nitrogens with one attached hydrogen (secondary N) is 1. The predicted molar refractivity (Wildman–Crippen MR) is 104 cm³/mol. The number of carbonyl (C=O) groups is 1. The Bertz CT molecular complexity index is 896. The van der Waals surface area contributed by atoms with Gasteiger partial charge in [0.1, 0.15) is 0 Å². The lowest BCUT2D eigenvalue weighted by Gasteiger charge is -2.24. The molecule has 0 unspecified atom stereocenters. The molecule has 3 rings (SSSR count). The molecular weight excluding hydrogens is 322 g/mol. The van der Waals surface area contributed by atoms with Gasteiger partial charge in [0, 0.05) is 17.8 Å². The van der Waals surface area contributed by atoms with Crippen molar-refractivity contribution in [2.24, 2.45) is 0 Å². The molecule has 1 N–H and O–H groups in total. The highest BCUT2D eigenvalue weighted by Crippen LogP contribution is 2.24. The zero-order chi connectivity index (χ0) is 18.7. The third-order valence-corrected chi connectivity index (χ3v) is 4.93. The van der Waals surface area contributed by atoms with E-state index in [0.29, 0.717) is 6.54 Å². The number of para-hydroxylation sites is 1. The number of hydrogen-bond donors (Lipinski definition) is 1. The number of rotatable bonds is 5. The molecule has 0 radical (unpaired) electrons. The SMILES string of the molecule is Cc1nn(-c2ccccc2)c(C)c1CNC(=O)C(C)(C)c1ccccc1. The average Bonchev–Trinajstić information content (AvgIpc) is 2.95. The van der Waals surface area contributed by atoms with Crippen LogP contribution in [0.15, 0.2) is 60.7 Å². The van der Waals surface area contributed by atoms with E-state index in [-0.39, 0.29) is 5.91 Å². The fourth-order valence-corrected chi connectivity index (χ4v) is 3.13. The molecule has 1 aromatic heterocycles. The molecule has 3 aromatic rings. The molecule has 0 fully saturated rings. The highest BCUT2D eigenvalue weighted by atomic mass is 16.2. The first-order valence-corrected chi connectivity index (χ1v) is 8.85. The van der Waals surface area contributed by atoms with Gasteiger partial charge < -0.3 is 5.32 Å². The number of carbonyl (C=O) groups excluding carboxylic acids is 1. The molecular formula is C22H25N3O. The van der Waals surface area contributed by atoms with Crippen LogP contribution in [0.2, 0.25) is 0 Å². The van der Waals surface area contributed by atoms with E-state index in [4.69, 9.17) is 0 Å². The summed E-state index contributed by atoms with van der Waals surface area (Å²) in [4.78, 5) is 12.8. The van der Waals surface area contributed by atoms with Crippen LogP contribution >= 0.6 is 0 Å². The second kappa shape index (κ2) is 7.16. The van der Waals surface area contributed by atoms with Gasteiger partial charge in [-0.3, -0.25) is 4.79 Å². The largest absolute Gasteiger partial charge is 0.351 e. The van der Waals surface area contributed by atoms with Gasteiger partial charge in [-0.15, -0.1) is 0 Å². The second-order valence-electron chi connectivity index (χ2n) is 7.07. The minimum Gasteiger partial charge on any atom is -0.351 e. The Kier molecular flexibility index (Phi) is 4.94. The van der Waals surface area contributed by atoms with Crippen molar-refractivity contribution in [3.8, 4) is 5.69 Å². The van der Waals surface area contributed by atoms with Crippen LogP contribution in [0.1, 0.15) is 36.4 Å². The smallest absolute Gasteiger partial charge is 0.230 e. The normalized spacial score (nSPS) is 11.4. The zero-order valence-corrected chi connectivity index (χ0v) is 15.8. The van der Waals surface area contributed by atoms with Crippen molar-refractivity contribution in [3.05, 3.63) is 83.2 Å². The van der Waals surface area contributed by atoms with E-state index in [9.17, 15) is 4.79 Å². The van der Waals surface area contributed by atoms with E-state index in [1.165, 1.54) is 0 Å². The van der Waals surface area contributed by atoms with E-state index in [1.807, 2.05) is 93.0 Å². The molecule has 26 heavy (non-hydrogen) atoms. The molecule has 134 valence electrons. The first-order valence-electron chi connectivity index (χ1n) is 8.85. The summed E-state index contributed by atoms with van der Waals surface area (Å²) < 4.78 is 1.93. The van der Waals surface area contributed by atoms with Crippen molar-refractivity contribution in [2.75, 3.05) is 0 Å². The average molecular weight is 347 g/mol. The Morgan fingerprint density at radius 3 is 2.19 bits per heavy atom. The second-order valence-corrected chi connectivity index (χ2v) is 7.07. The van der Waals surface area contributed by atoms with Crippen LogP contribution in [-0.2, 0) is 16.8 Å². The number of amides is 1. The summed E-state index contributed by atoms with van der Waals surface area (Å²) in [5.74, 6) is 0.00922. The topological polar surface area (TPSA) is 46.9 Å². The Balaban J connectivity index is 1.78. The van der Waals surface area contributed by atoms with Crippen molar-refractivity contribution in [1.29, 1.82) is 0 Å². The summed E-state index contributed by atoms with van der Waals surface area (Å²) in [5, 5.41) is 7.74. The Labute approximate surface area is 154 Å². The molecule has 0 aliphatic carbocycles. The van der Waals surface area contributed by atoms with Gasteiger partial charge in [-0.1, -0.05) is 48.5 Å². The Morgan fingerprint density at radius 1 is 1.00 bits per heavy atom.